The highest BCUT2D eigenvalue weighted by molar-refractivity contribution is 5.79. The van der Waals surface area contributed by atoms with Crippen molar-refractivity contribution >= 4 is 11.8 Å². The molecule has 0 aliphatic heterocycles. The van der Waals surface area contributed by atoms with Gasteiger partial charge in [0.05, 0.1) is 12.5 Å². The number of carbonyl (C=O) groups excluding carboxylic acids is 2. The van der Waals surface area contributed by atoms with Crippen LogP contribution in [0.25, 0.3) is 0 Å². The average molecular weight is 314 g/mol. The van der Waals surface area contributed by atoms with Gasteiger partial charge in [-0.15, -0.1) is 0 Å². The standard InChI is InChI=1S/C15H20F2N2O3/c1-9(5-6-20)18-15(22)8-14(19-10(2)21)12-4-3-11(16)7-13(12)17/h3-4,7,9,14,20H,5-6,8H2,1-2H3,(H,18,22)(H,19,21). The summed E-state index contributed by atoms with van der Waals surface area (Å²) in [6.07, 6.45) is 0.208. The van der Waals surface area contributed by atoms with E-state index in [1.165, 1.54) is 13.0 Å². The molecule has 0 saturated carbocycles. The summed E-state index contributed by atoms with van der Waals surface area (Å²) < 4.78 is 26.8. The maximum Gasteiger partial charge on any atom is 0.222 e. The van der Waals surface area contributed by atoms with Crippen LogP contribution >= 0.6 is 0 Å². The number of carbonyl (C=O) groups is 2. The smallest absolute Gasteiger partial charge is 0.222 e. The molecule has 2 amide bonds. The molecule has 0 heterocycles. The summed E-state index contributed by atoms with van der Waals surface area (Å²) in [7, 11) is 0. The van der Waals surface area contributed by atoms with Crippen LogP contribution in [0.15, 0.2) is 18.2 Å². The van der Waals surface area contributed by atoms with Gasteiger partial charge in [0, 0.05) is 31.2 Å². The summed E-state index contributed by atoms with van der Waals surface area (Å²) in [6.45, 7) is 2.91. The predicted octanol–water partition coefficient (Wildman–Crippen LogP) is 1.42. The Kier molecular flexibility index (Phi) is 6.91. The molecule has 0 aliphatic carbocycles. The van der Waals surface area contributed by atoms with Gasteiger partial charge in [0.25, 0.3) is 0 Å². The van der Waals surface area contributed by atoms with E-state index in [2.05, 4.69) is 10.6 Å². The van der Waals surface area contributed by atoms with Crippen LogP contribution < -0.4 is 10.6 Å². The highest BCUT2D eigenvalue weighted by atomic mass is 19.1. The molecule has 0 aliphatic rings. The summed E-state index contributed by atoms with van der Waals surface area (Å²) in [5.74, 6) is -2.38. The molecule has 22 heavy (non-hydrogen) atoms. The van der Waals surface area contributed by atoms with Gasteiger partial charge in [0.2, 0.25) is 11.8 Å². The third-order valence-electron chi connectivity index (χ3n) is 3.07. The maximum atomic E-state index is 13.8. The Morgan fingerprint density at radius 2 is 1.95 bits per heavy atom. The number of rotatable bonds is 7. The van der Waals surface area contributed by atoms with E-state index in [9.17, 15) is 18.4 Å². The van der Waals surface area contributed by atoms with Gasteiger partial charge in [0.15, 0.2) is 0 Å². The van der Waals surface area contributed by atoms with Crippen molar-refractivity contribution in [3.63, 3.8) is 0 Å². The normalized spacial score (nSPS) is 13.3. The second-order valence-electron chi connectivity index (χ2n) is 5.10. The number of amides is 2. The minimum atomic E-state index is -0.889. The number of aliphatic hydroxyl groups excluding tert-OH is 1. The van der Waals surface area contributed by atoms with E-state index in [1.54, 1.807) is 6.92 Å². The first kappa shape index (κ1) is 18.0. The lowest BCUT2D eigenvalue weighted by Crippen LogP contribution is -2.37. The van der Waals surface area contributed by atoms with Crippen LogP contribution in [0.4, 0.5) is 8.78 Å². The molecule has 1 aromatic rings. The predicted molar refractivity (Wildman–Crippen MR) is 76.8 cm³/mol. The molecule has 2 unspecified atom stereocenters. The minimum Gasteiger partial charge on any atom is -0.396 e. The summed E-state index contributed by atoms with van der Waals surface area (Å²) in [4.78, 5) is 23.2. The molecular weight excluding hydrogens is 294 g/mol. The van der Waals surface area contributed by atoms with Gasteiger partial charge in [-0.05, 0) is 19.4 Å². The van der Waals surface area contributed by atoms with Gasteiger partial charge in [-0.1, -0.05) is 6.07 Å². The van der Waals surface area contributed by atoms with Crippen molar-refractivity contribution in [2.24, 2.45) is 0 Å². The second-order valence-corrected chi connectivity index (χ2v) is 5.10. The van der Waals surface area contributed by atoms with Gasteiger partial charge in [0.1, 0.15) is 11.6 Å². The molecule has 122 valence electrons. The lowest BCUT2D eigenvalue weighted by Gasteiger charge is -2.20. The number of benzene rings is 1. The lowest BCUT2D eigenvalue weighted by atomic mass is 10.0. The van der Waals surface area contributed by atoms with E-state index in [-0.39, 0.29) is 24.6 Å². The largest absolute Gasteiger partial charge is 0.396 e. The van der Waals surface area contributed by atoms with Crippen molar-refractivity contribution in [1.29, 1.82) is 0 Å². The Balaban J connectivity index is 2.84. The number of halogens is 2. The van der Waals surface area contributed by atoms with Gasteiger partial charge in [-0.2, -0.15) is 0 Å². The molecule has 1 rings (SSSR count). The maximum absolute atomic E-state index is 13.8. The monoisotopic (exact) mass is 314 g/mol. The molecule has 2 atom stereocenters. The quantitative estimate of drug-likeness (QED) is 0.712. The highest BCUT2D eigenvalue weighted by Crippen LogP contribution is 2.21. The van der Waals surface area contributed by atoms with Gasteiger partial charge >= 0.3 is 0 Å². The number of hydrogen-bond donors (Lipinski definition) is 3. The van der Waals surface area contributed by atoms with E-state index in [4.69, 9.17) is 5.11 Å². The molecule has 0 aromatic heterocycles. The lowest BCUT2D eigenvalue weighted by molar-refractivity contribution is -0.123. The van der Waals surface area contributed by atoms with Gasteiger partial charge < -0.3 is 15.7 Å². The first-order chi connectivity index (χ1) is 10.3. The Labute approximate surface area is 127 Å². The summed E-state index contributed by atoms with van der Waals surface area (Å²) >= 11 is 0. The van der Waals surface area contributed by atoms with E-state index in [0.29, 0.717) is 12.5 Å². The second kappa shape index (κ2) is 8.43. The van der Waals surface area contributed by atoms with Crippen LogP contribution in [0, 0.1) is 11.6 Å². The molecule has 0 spiro atoms. The molecule has 0 fully saturated rings. The Morgan fingerprint density at radius 3 is 2.50 bits per heavy atom. The van der Waals surface area contributed by atoms with Crippen LogP contribution in [-0.4, -0.2) is 29.6 Å². The Bertz CT molecular complexity index is 538. The number of hydrogen-bond acceptors (Lipinski definition) is 3. The summed E-state index contributed by atoms with van der Waals surface area (Å²) in [5.41, 5.74) is 0.0431. The number of nitrogens with one attached hydrogen (secondary N) is 2. The third-order valence-corrected chi connectivity index (χ3v) is 3.07. The molecule has 7 heteroatoms. The summed E-state index contributed by atoms with van der Waals surface area (Å²) in [5, 5.41) is 13.9. The van der Waals surface area contributed by atoms with Crippen LogP contribution in [0.1, 0.15) is 38.3 Å². The van der Waals surface area contributed by atoms with E-state index < -0.39 is 29.5 Å². The van der Waals surface area contributed by atoms with Crippen LogP contribution in [0.5, 0.6) is 0 Å². The molecular formula is C15H20F2N2O3. The topological polar surface area (TPSA) is 78.4 Å². The van der Waals surface area contributed by atoms with E-state index in [1.807, 2.05) is 0 Å². The van der Waals surface area contributed by atoms with Crippen LogP contribution in [-0.2, 0) is 9.59 Å². The first-order valence-corrected chi connectivity index (χ1v) is 6.95. The third kappa shape index (κ3) is 5.77. The van der Waals surface area contributed by atoms with Crippen molar-refractivity contribution < 1.29 is 23.5 Å². The summed E-state index contributed by atoms with van der Waals surface area (Å²) in [6, 6.07) is 1.85. The molecule has 3 N–H and O–H groups in total. The van der Waals surface area contributed by atoms with Crippen molar-refractivity contribution in [1.82, 2.24) is 10.6 Å². The fourth-order valence-corrected chi connectivity index (χ4v) is 2.05. The zero-order chi connectivity index (χ0) is 16.7. The fourth-order valence-electron chi connectivity index (χ4n) is 2.05. The molecule has 5 nitrogen and oxygen atoms in total. The van der Waals surface area contributed by atoms with Crippen molar-refractivity contribution in [3.8, 4) is 0 Å². The Hall–Kier alpha value is -2.02. The average Bonchev–Trinajstić information content (AvgIpc) is 2.37. The zero-order valence-electron chi connectivity index (χ0n) is 12.5. The van der Waals surface area contributed by atoms with Gasteiger partial charge in [-0.25, -0.2) is 8.78 Å². The molecule has 1 aromatic carbocycles. The van der Waals surface area contributed by atoms with Gasteiger partial charge in [-0.3, -0.25) is 9.59 Å². The van der Waals surface area contributed by atoms with Crippen LogP contribution in [0.2, 0.25) is 0 Å². The van der Waals surface area contributed by atoms with Crippen LogP contribution in [0.3, 0.4) is 0 Å². The van der Waals surface area contributed by atoms with Crippen molar-refractivity contribution in [3.05, 3.63) is 35.4 Å². The SMILES string of the molecule is CC(=O)NC(CC(=O)NC(C)CCO)c1ccc(F)cc1F. The highest BCUT2D eigenvalue weighted by Gasteiger charge is 2.21. The minimum absolute atomic E-state index is 0.0431. The number of aliphatic hydroxyl groups is 1. The molecule has 0 radical (unpaired) electrons. The van der Waals surface area contributed by atoms with E-state index in [0.717, 1.165) is 6.07 Å². The van der Waals surface area contributed by atoms with E-state index >= 15 is 0 Å². The zero-order valence-corrected chi connectivity index (χ0v) is 12.5. The fraction of sp³-hybridized carbons (Fsp3) is 0.467. The van der Waals surface area contributed by atoms with Crippen molar-refractivity contribution in [2.75, 3.05) is 6.61 Å². The first-order valence-electron chi connectivity index (χ1n) is 6.95. The molecule has 0 saturated heterocycles. The Morgan fingerprint density at radius 1 is 1.27 bits per heavy atom. The van der Waals surface area contributed by atoms with Crippen molar-refractivity contribution in [2.45, 2.75) is 38.8 Å². The molecule has 0 bridgehead atoms.